The van der Waals surface area contributed by atoms with Crippen LogP contribution in [-0.2, 0) is 0 Å². The van der Waals surface area contributed by atoms with Gasteiger partial charge in [-0.15, -0.1) is 0 Å². The first-order valence-electron chi connectivity index (χ1n) is 6.47. The first-order valence-corrected chi connectivity index (χ1v) is 7.23. The molecule has 2 rings (SSSR count). The lowest BCUT2D eigenvalue weighted by molar-refractivity contribution is 0.558. The van der Waals surface area contributed by atoms with Gasteiger partial charge < -0.3 is 5.32 Å². The smallest absolute Gasteiger partial charge is 0.128 e. The summed E-state index contributed by atoms with van der Waals surface area (Å²) in [5.74, 6) is -0.234. The van der Waals surface area contributed by atoms with Crippen LogP contribution < -0.4 is 5.32 Å². The Morgan fingerprint density at radius 3 is 2.40 bits per heavy atom. The summed E-state index contributed by atoms with van der Waals surface area (Å²) in [6, 6.07) is 10.2. The van der Waals surface area contributed by atoms with Crippen molar-refractivity contribution >= 4 is 23.2 Å². The highest BCUT2D eigenvalue weighted by Crippen LogP contribution is 2.31. The van der Waals surface area contributed by atoms with Crippen molar-refractivity contribution in [3.63, 3.8) is 0 Å². The quantitative estimate of drug-likeness (QED) is 0.824. The third-order valence-corrected chi connectivity index (χ3v) is 3.71. The number of hydrogen-bond acceptors (Lipinski definition) is 1. The number of hydrogen-bond donors (Lipinski definition) is 1. The second kappa shape index (κ2) is 6.57. The van der Waals surface area contributed by atoms with Gasteiger partial charge in [0.05, 0.1) is 6.04 Å². The molecule has 0 heterocycles. The highest BCUT2D eigenvalue weighted by molar-refractivity contribution is 6.35. The summed E-state index contributed by atoms with van der Waals surface area (Å²) in [4.78, 5) is 0. The van der Waals surface area contributed by atoms with Crippen molar-refractivity contribution in [1.82, 2.24) is 5.32 Å². The maximum absolute atomic E-state index is 14.2. The van der Waals surface area contributed by atoms with Gasteiger partial charge in [0.1, 0.15) is 5.82 Å². The molecule has 0 aliphatic heterocycles. The van der Waals surface area contributed by atoms with Crippen molar-refractivity contribution < 1.29 is 4.39 Å². The molecule has 0 radical (unpaired) electrons. The van der Waals surface area contributed by atoms with Gasteiger partial charge in [0, 0.05) is 15.6 Å². The Labute approximate surface area is 128 Å². The molecular weight excluding hydrogens is 296 g/mol. The van der Waals surface area contributed by atoms with Crippen molar-refractivity contribution in [2.75, 3.05) is 6.54 Å². The summed E-state index contributed by atoms with van der Waals surface area (Å²) >= 11 is 12.2. The minimum atomic E-state index is -0.287. The van der Waals surface area contributed by atoms with Crippen LogP contribution in [0.15, 0.2) is 36.4 Å². The van der Waals surface area contributed by atoms with E-state index >= 15 is 0 Å². The highest BCUT2D eigenvalue weighted by atomic mass is 35.5. The second-order valence-corrected chi connectivity index (χ2v) is 5.53. The molecule has 2 aromatic rings. The molecule has 0 aromatic heterocycles. The van der Waals surface area contributed by atoms with Gasteiger partial charge in [-0.25, -0.2) is 4.39 Å². The van der Waals surface area contributed by atoms with Crippen molar-refractivity contribution in [2.45, 2.75) is 19.9 Å². The third-order valence-electron chi connectivity index (χ3n) is 3.15. The molecule has 0 fully saturated rings. The lowest BCUT2D eigenvalue weighted by Crippen LogP contribution is -2.23. The van der Waals surface area contributed by atoms with Gasteiger partial charge in [-0.1, -0.05) is 48.3 Å². The van der Waals surface area contributed by atoms with E-state index in [0.29, 0.717) is 22.2 Å². The second-order valence-electron chi connectivity index (χ2n) is 4.68. The van der Waals surface area contributed by atoms with Crippen LogP contribution in [0.4, 0.5) is 4.39 Å². The monoisotopic (exact) mass is 311 g/mol. The zero-order chi connectivity index (χ0) is 14.7. The van der Waals surface area contributed by atoms with E-state index in [1.165, 1.54) is 6.07 Å². The Hall–Kier alpha value is -1.09. The van der Waals surface area contributed by atoms with E-state index in [9.17, 15) is 4.39 Å². The van der Waals surface area contributed by atoms with Gasteiger partial charge >= 0.3 is 0 Å². The van der Waals surface area contributed by atoms with Crippen LogP contribution in [0.25, 0.3) is 0 Å². The summed E-state index contributed by atoms with van der Waals surface area (Å²) in [6.45, 7) is 4.55. The molecule has 0 spiro atoms. The van der Waals surface area contributed by atoms with Gasteiger partial charge in [0.2, 0.25) is 0 Å². The standard InChI is InChI=1S/C16H16Cl2FN/c1-3-20-16(12-7-5-11(17)9-14(12)18)13-6-4-10(2)8-15(13)19/h4-9,16,20H,3H2,1-2H3. The Bertz CT molecular complexity index is 562. The van der Waals surface area contributed by atoms with E-state index in [4.69, 9.17) is 23.2 Å². The minimum absolute atomic E-state index is 0.234. The Kier molecular flexibility index (Phi) is 5.03. The summed E-state index contributed by atoms with van der Waals surface area (Å²) < 4.78 is 14.2. The molecule has 0 aliphatic carbocycles. The number of halogens is 3. The highest BCUT2D eigenvalue weighted by Gasteiger charge is 2.19. The van der Waals surface area contributed by atoms with Crippen molar-refractivity contribution in [3.05, 3.63) is 69.0 Å². The van der Waals surface area contributed by atoms with Crippen LogP contribution in [0.1, 0.15) is 29.7 Å². The normalized spacial score (nSPS) is 12.4. The van der Waals surface area contributed by atoms with Crippen LogP contribution in [0.5, 0.6) is 0 Å². The number of rotatable bonds is 4. The first-order chi connectivity index (χ1) is 9.52. The molecule has 20 heavy (non-hydrogen) atoms. The third kappa shape index (κ3) is 3.32. The number of aryl methyl sites for hydroxylation is 1. The zero-order valence-electron chi connectivity index (χ0n) is 11.4. The largest absolute Gasteiger partial charge is 0.306 e. The summed E-state index contributed by atoms with van der Waals surface area (Å²) in [6.07, 6.45) is 0. The minimum Gasteiger partial charge on any atom is -0.306 e. The molecule has 1 unspecified atom stereocenters. The molecule has 106 valence electrons. The predicted molar refractivity (Wildman–Crippen MR) is 83.1 cm³/mol. The van der Waals surface area contributed by atoms with E-state index in [1.807, 2.05) is 26.0 Å². The molecule has 2 aromatic carbocycles. The molecular formula is C16H16Cl2FN. The molecule has 0 saturated carbocycles. The average molecular weight is 312 g/mol. The maximum atomic E-state index is 14.2. The lowest BCUT2D eigenvalue weighted by Gasteiger charge is -2.21. The van der Waals surface area contributed by atoms with Crippen LogP contribution in [0.2, 0.25) is 10.0 Å². The van der Waals surface area contributed by atoms with Crippen LogP contribution >= 0.6 is 23.2 Å². The fourth-order valence-electron chi connectivity index (χ4n) is 2.19. The Balaban J connectivity index is 2.50. The van der Waals surface area contributed by atoms with Gasteiger partial charge in [-0.2, -0.15) is 0 Å². The lowest BCUT2D eigenvalue weighted by atomic mass is 9.97. The fraction of sp³-hybridized carbons (Fsp3) is 0.250. The molecule has 1 N–H and O–H groups in total. The van der Waals surface area contributed by atoms with E-state index in [2.05, 4.69) is 5.32 Å². The Morgan fingerprint density at radius 1 is 1.10 bits per heavy atom. The number of benzene rings is 2. The van der Waals surface area contributed by atoms with Gasteiger partial charge in [0.25, 0.3) is 0 Å². The van der Waals surface area contributed by atoms with E-state index in [-0.39, 0.29) is 11.9 Å². The van der Waals surface area contributed by atoms with Crippen LogP contribution in [0, 0.1) is 12.7 Å². The Morgan fingerprint density at radius 2 is 1.80 bits per heavy atom. The first kappa shape index (κ1) is 15.3. The summed E-state index contributed by atoms with van der Waals surface area (Å²) in [7, 11) is 0. The van der Waals surface area contributed by atoms with Gasteiger partial charge in [-0.05, 0) is 42.8 Å². The van der Waals surface area contributed by atoms with E-state index in [0.717, 1.165) is 11.1 Å². The maximum Gasteiger partial charge on any atom is 0.128 e. The van der Waals surface area contributed by atoms with Gasteiger partial charge in [0.15, 0.2) is 0 Å². The van der Waals surface area contributed by atoms with Crippen molar-refractivity contribution in [1.29, 1.82) is 0 Å². The predicted octanol–water partition coefficient (Wildman–Crippen LogP) is 5.14. The molecule has 0 aliphatic rings. The van der Waals surface area contributed by atoms with E-state index < -0.39 is 0 Å². The molecule has 0 amide bonds. The summed E-state index contributed by atoms with van der Waals surface area (Å²) in [5, 5.41) is 4.37. The summed E-state index contributed by atoms with van der Waals surface area (Å²) in [5.41, 5.74) is 2.30. The topological polar surface area (TPSA) is 12.0 Å². The molecule has 1 atom stereocenters. The fourth-order valence-corrected chi connectivity index (χ4v) is 2.71. The average Bonchev–Trinajstić information content (AvgIpc) is 2.37. The number of nitrogens with one attached hydrogen (secondary N) is 1. The SMILES string of the molecule is CCNC(c1ccc(C)cc1F)c1ccc(Cl)cc1Cl. The van der Waals surface area contributed by atoms with Crippen LogP contribution in [-0.4, -0.2) is 6.54 Å². The zero-order valence-corrected chi connectivity index (χ0v) is 12.9. The van der Waals surface area contributed by atoms with Crippen molar-refractivity contribution in [3.8, 4) is 0 Å². The molecule has 0 saturated heterocycles. The molecule has 1 nitrogen and oxygen atoms in total. The van der Waals surface area contributed by atoms with Gasteiger partial charge in [-0.3, -0.25) is 0 Å². The van der Waals surface area contributed by atoms with Crippen molar-refractivity contribution in [2.24, 2.45) is 0 Å². The van der Waals surface area contributed by atoms with E-state index in [1.54, 1.807) is 18.2 Å². The molecule has 0 bridgehead atoms. The van der Waals surface area contributed by atoms with Crippen LogP contribution in [0.3, 0.4) is 0 Å². The molecule has 4 heteroatoms.